The number of halogens is 1. The summed E-state index contributed by atoms with van der Waals surface area (Å²) in [5.41, 5.74) is 1.02. The fourth-order valence-electron chi connectivity index (χ4n) is 2.46. The highest BCUT2D eigenvalue weighted by molar-refractivity contribution is 9.10. The van der Waals surface area contributed by atoms with Gasteiger partial charge in [0, 0.05) is 11.0 Å². The molecule has 1 aromatic rings. The number of aliphatic hydroxyl groups is 1. The van der Waals surface area contributed by atoms with Gasteiger partial charge in [0.05, 0.1) is 18.6 Å². The van der Waals surface area contributed by atoms with Gasteiger partial charge in [-0.25, -0.2) is 0 Å². The average Bonchev–Trinajstić information content (AvgIpc) is 2.86. The van der Waals surface area contributed by atoms with Crippen molar-refractivity contribution < 1.29 is 9.90 Å². The first-order valence-electron chi connectivity index (χ1n) is 6.30. The Morgan fingerprint density at radius 1 is 1.50 bits per heavy atom. The molecule has 1 fully saturated rings. The van der Waals surface area contributed by atoms with Crippen LogP contribution in [0.15, 0.2) is 28.7 Å². The van der Waals surface area contributed by atoms with E-state index >= 15 is 0 Å². The number of benzene rings is 1. The van der Waals surface area contributed by atoms with E-state index in [4.69, 9.17) is 0 Å². The first-order valence-corrected chi connectivity index (χ1v) is 7.09. The van der Waals surface area contributed by atoms with Gasteiger partial charge in [0.25, 0.3) is 0 Å². The van der Waals surface area contributed by atoms with Crippen LogP contribution >= 0.6 is 15.9 Å². The van der Waals surface area contributed by atoms with Crippen molar-refractivity contribution in [2.75, 3.05) is 13.2 Å². The van der Waals surface area contributed by atoms with Crippen molar-refractivity contribution in [2.45, 2.75) is 31.7 Å². The van der Waals surface area contributed by atoms with Crippen molar-refractivity contribution in [1.29, 1.82) is 0 Å². The second-order valence-corrected chi connectivity index (χ2v) is 5.70. The molecule has 1 aliphatic heterocycles. The molecule has 0 bridgehead atoms. The minimum Gasteiger partial charge on any atom is -0.394 e. The summed E-state index contributed by atoms with van der Waals surface area (Å²) in [7, 11) is 0. The number of carbonyl (C=O) groups excluding carboxylic acids is 1. The maximum atomic E-state index is 12.4. The Hall–Kier alpha value is -0.870. The standard InChI is InChI=1S/C14H18BrNO2/c1-10(11-4-6-12(15)7-5-11)14(18)16-8-2-3-13(16)9-17/h4-7,10,13,17H,2-3,8-9H2,1H3/t10-,13+/m1/s1. The van der Waals surface area contributed by atoms with Crippen LogP contribution in [-0.4, -0.2) is 35.1 Å². The van der Waals surface area contributed by atoms with Crippen molar-refractivity contribution in [3.8, 4) is 0 Å². The second kappa shape index (κ2) is 5.85. The molecule has 2 atom stereocenters. The first-order chi connectivity index (χ1) is 8.63. The monoisotopic (exact) mass is 311 g/mol. The molecule has 0 aliphatic carbocycles. The molecule has 0 aromatic heterocycles. The molecule has 1 aromatic carbocycles. The van der Waals surface area contributed by atoms with E-state index in [-0.39, 0.29) is 24.5 Å². The lowest BCUT2D eigenvalue weighted by Gasteiger charge is -2.26. The van der Waals surface area contributed by atoms with Gasteiger partial charge in [-0.1, -0.05) is 28.1 Å². The molecular weight excluding hydrogens is 294 g/mol. The molecule has 1 heterocycles. The van der Waals surface area contributed by atoms with E-state index in [0.29, 0.717) is 0 Å². The van der Waals surface area contributed by atoms with E-state index in [1.54, 1.807) is 0 Å². The van der Waals surface area contributed by atoms with Gasteiger partial charge in [-0.05, 0) is 37.5 Å². The summed E-state index contributed by atoms with van der Waals surface area (Å²) in [4.78, 5) is 14.2. The van der Waals surface area contributed by atoms with E-state index in [1.807, 2.05) is 36.1 Å². The molecule has 0 radical (unpaired) electrons. The summed E-state index contributed by atoms with van der Waals surface area (Å²) in [5, 5.41) is 9.27. The Morgan fingerprint density at radius 2 is 2.17 bits per heavy atom. The Morgan fingerprint density at radius 3 is 2.78 bits per heavy atom. The van der Waals surface area contributed by atoms with Crippen LogP contribution in [0.3, 0.4) is 0 Å². The highest BCUT2D eigenvalue weighted by Gasteiger charge is 2.31. The number of likely N-dealkylation sites (tertiary alicyclic amines) is 1. The molecule has 1 N–H and O–H groups in total. The van der Waals surface area contributed by atoms with E-state index in [1.165, 1.54) is 0 Å². The van der Waals surface area contributed by atoms with Crippen LogP contribution in [0.1, 0.15) is 31.2 Å². The maximum absolute atomic E-state index is 12.4. The first kappa shape index (κ1) is 13.6. The van der Waals surface area contributed by atoms with E-state index in [0.717, 1.165) is 29.4 Å². The van der Waals surface area contributed by atoms with Crippen LogP contribution in [0.2, 0.25) is 0 Å². The molecule has 0 saturated carbocycles. The molecule has 1 amide bonds. The highest BCUT2D eigenvalue weighted by atomic mass is 79.9. The van der Waals surface area contributed by atoms with Gasteiger partial charge in [-0.3, -0.25) is 4.79 Å². The molecule has 3 nitrogen and oxygen atoms in total. The van der Waals surface area contributed by atoms with E-state index in [2.05, 4.69) is 15.9 Å². The summed E-state index contributed by atoms with van der Waals surface area (Å²) in [6.45, 7) is 2.77. The quantitative estimate of drug-likeness (QED) is 0.932. The minimum atomic E-state index is -0.148. The van der Waals surface area contributed by atoms with Crippen LogP contribution in [0.4, 0.5) is 0 Å². The zero-order valence-electron chi connectivity index (χ0n) is 10.5. The molecule has 4 heteroatoms. The summed E-state index contributed by atoms with van der Waals surface area (Å²) >= 11 is 3.39. The predicted octanol–water partition coefficient (Wildman–Crippen LogP) is 2.54. The fourth-order valence-corrected chi connectivity index (χ4v) is 2.72. The van der Waals surface area contributed by atoms with Crippen LogP contribution in [-0.2, 0) is 4.79 Å². The van der Waals surface area contributed by atoms with Crippen molar-refractivity contribution in [3.05, 3.63) is 34.3 Å². The predicted molar refractivity (Wildman–Crippen MR) is 74.4 cm³/mol. The summed E-state index contributed by atoms with van der Waals surface area (Å²) < 4.78 is 1.01. The van der Waals surface area contributed by atoms with Crippen molar-refractivity contribution >= 4 is 21.8 Å². The third kappa shape index (κ3) is 2.75. The van der Waals surface area contributed by atoms with Gasteiger partial charge < -0.3 is 10.0 Å². The van der Waals surface area contributed by atoms with E-state index in [9.17, 15) is 9.90 Å². The van der Waals surface area contributed by atoms with Gasteiger partial charge in [-0.2, -0.15) is 0 Å². The van der Waals surface area contributed by atoms with Gasteiger partial charge >= 0.3 is 0 Å². The molecular formula is C14H18BrNO2. The smallest absolute Gasteiger partial charge is 0.230 e. The lowest BCUT2D eigenvalue weighted by Crippen LogP contribution is -2.39. The normalized spacial score (nSPS) is 21.1. The van der Waals surface area contributed by atoms with Gasteiger partial charge in [0.2, 0.25) is 5.91 Å². The number of rotatable bonds is 3. The number of carbonyl (C=O) groups is 1. The Balaban J connectivity index is 2.11. The Labute approximate surface area is 116 Å². The highest BCUT2D eigenvalue weighted by Crippen LogP contribution is 2.25. The van der Waals surface area contributed by atoms with Gasteiger partial charge in [0.15, 0.2) is 0 Å². The van der Waals surface area contributed by atoms with Gasteiger partial charge in [-0.15, -0.1) is 0 Å². The molecule has 1 saturated heterocycles. The van der Waals surface area contributed by atoms with Crippen LogP contribution < -0.4 is 0 Å². The van der Waals surface area contributed by atoms with Crippen LogP contribution in [0, 0.1) is 0 Å². The third-order valence-corrected chi connectivity index (χ3v) is 4.14. The third-order valence-electron chi connectivity index (χ3n) is 3.61. The number of nitrogens with zero attached hydrogens (tertiary/aromatic N) is 1. The van der Waals surface area contributed by atoms with Crippen molar-refractivity contribution in [1.82, 2.24) is 4.90 Å². The number of hydrogen-bond donors (Lipinski definition) is 1. The lowest BCUT2D eigenvalue weighted by atomic mass is 9.99. The van der Waals surface area contributed by atoms with Crippen molar-refractivity contribution in [2.24, 2.45) is 0 Å². The molecule has 2 rings (SSSR count). The minimum absolute atomic E-state index is 0.00963. The van der Waals surface area contributed by atoms with Crippen LogP contribution in [0.5, 0.6) is 0 Å². The largest absolute Gasteiger partial charge is 0.394 e. The summed E-state index contributed by atoms with van der Waals surface area (Å²) in [5.74, 6) is -0.0286. The second-order valence-electron chi connectivity index (χ2n) is 4.78. The zero-order chi connectivity index (χ0) is 13.1. The molecule has 0 unspecified atom stereocenters. The summed E-state index contributed by atoms with van der Waals surface area (Å²) in [6, 6.07) is 7.85. The number of hydrogen-bond acceptors (Lipinski definition) is 2. The van der Waals surface area contributed by atoms with Gasteiger partial charge in [0.1, 0.15) is 0 Å². The maximum Gasteiger partial charge on any atom is 0.230 e. The lowest BCUT2D eigenvalue weighted by molar-refractivity contribution is -0.133. The SMILES string of the molecule is C[C@@H](C(=O)N1CCC[C@H]1CO)c1ccc(Br)cc1. The molecule has 1 aliphatic rings. The van der Waals surface area contributed by atoms with Crippen molar-refractivity contribution in [3.63, 3.8) is 0 Å². The summed E-state index contributed by atoms with van der Waals surface area (Å²) in [6.07, 6.45) is 1.90. The topological polar surface area (TPSA) is 40.5 Å². The molecule has 0 spiro atoms. The fraction of sp³-hybridized carbons (Fsp3) is 0.500. The number of amides is 1. The molecule has 98 valence electrons. The Bertz CT molecular complexity index is 418. The number of aliphatic hydroxyl groups excluding tert-OH is 1. The Kier molecular flexibility index (Phi) is 4.40. The van der Waals surface area contributed by atoms with E-state index < -0.39 is 0 Å². The zero-order valence-corrected chi connectivity index (χ0v) is 12.1. The molecule has 18 heavy (non-hydrogen) atoms. The van der Waals surface area contributed by atoms with Crippen LogP contribution in [0.25, 0.3) is 0 Å². The average molecular weight is 312 g/mol.